The van der Waals surface area contributed by atoms with Gasteiger partial charge in [0, 0.05) is 10.7 Å². The minimum absolute atomic E-state index is 0.00277. The van der Waals surface area contributed by atoms with E-state index < -0.39 is 12.2 Å². The van der Waals surface area contributed by atoms with E-state index >= 15 is 0 Å². The Bertz CT molecular complexity index is 1330. The first-order valence-electron chi connectivity index (χ1n) is 9.94. The van der Waals surface area contributed by atoms with Gasteiger partial charge in [-0.2, -0.15) is 20.1 Å². The Morgan fingerprint density at radius 2 is 1.54 bits per heavy atom. The molecule has 35 heavy (non-hydrogen) atoms. The molecule has 0 spiro atoms. The van der Waals surface area contributed by atoms with Crippen LogP contribution in [0, 0.1) is 5.82 Å². The molecule has 3 aromatic carbocycles. The number of alkyl halides is 3. The first-order valence-corrected chi connectivity index (χ1v) is 10.3. The van der Waals surface area contributed by atoms with Crippen molar-refractivity contribution in [3.63, 3.8) is 0 Å². The highest BCUT2D eigenvalue weighted by Crippen LogP contribution is 2.24. The van der Waals surface area contributed by atoms with Gasteiger partial charge in [0.2, 0.25) is 11.9 Å². The summed E-state index contributed by atoms with van der Waals surface area (Å²) in [5.41, 5.74) is 3.89. The van der Waals surface area contributed by atoms with Crippen LogP contribution >= 0.6 is 11.6 Å². The zero-order valence-electron chi connectivity index (χ0n) is 17.6. The second kappa shape index (κ2) is 10.3. The van der Waals surface area contributed by atoms with Gasteiger partial charge in [0.05, 0.1) is 11.8 Å². The van der Waals surface area contributed by atoms with Crippen molar-refractivity contribution >= 4 is 35.4 Å². The number of aromatic nitrogens is 3. The number of nitrogens with one attached hydrogen (secondary N) is 2. The maximum absolute atomic E-state index is 14.4. The molecule has 0 aliphatic rings. The van der Waals surface area contributed by atoms with Crippen LogP contribution in [0.5, 0.6) is 5.75 Å². The third-order valence-corrected chi connectivity index (χ3v) is 4.59. The summed E-state index contributed by atoms with van der Waals surface area (Å²) < 4.78 is 55.0. The highest BCUT2D eigenvalue weighted by atomic mass is 35.5. The lowest BCUT2D eigenvalue weighted by Gasteiger charge is -2.09. The third-order valence-electron chi connectivity index (χ3n) is 4.34. The van der Waals surface area contributed by atoms with Gasteiger partial charge in [-0.15, -0.1) is 13.2 Å². The van der Waals surface area contributed by atoms with Crippen LogP contribution in [-0.4, -0.2) is 27.5 Å². The molecule has 0 aliphatic carbocycles. The first kappa shape index (κ1) is 23.9. The molecule has 12 heteroatoms. The topological polar surface area (TPSA) is 84.3 Å². The van der Waals surface area contributed by atoms with Crippen LogP contribution in [0.4, 0.5) is 35.1 Å². The van der Waals surface area contributed by atoms with E-state index in [0.717, 1.165) is 12.1 Å². The van der Waals surface area contributed by atoms with E-state index in [2.05, 4.69) is 35.5 Å². The number of hydrazone groups is 1. The average Bonchev–Trinajstić information content (AvgIpc) is 2.81. The van der Waals surface area contributed by atoms with Crippen LogP contribution in [0.15, 0.2) is 77.9 Å². The van der Waals surface area contributed by atoms with E-state index in [1.807, 2.05) is 0 Å². The van der Waals surface area contributed by atoms with Crippen molar-refractivity contribution in [3.05, 3.63) is 89.2 Å². The van der Waals surface area contributed by atoms with Crippen molar-refractivity contribution < 1.29 is 22.3 Å². The van der Waals surface area contributed by atoms with Gasteiger partial charge < -0.3 is 10.1 Å². The van der Waals surface area contributed by atoms with Crippen molar-refractivity contribution in [1.29, 1.82) is 0 Å². The Balaban J connectivity index is 1.56. The predicted octanol–water partition coefficient (Wildman–Crippen LogP) is 6.42. The summed E-state index contributed by atoms with van der Waals surface area (Å²) in [6, 6.07) is 17.9. The van der Waals surface area contributed by atoms with E-state index in [0.29, 0.717) is 16.3 Å². The van der Waals surface area contributed by atoms with E-state index in [1.54, 1.807) is 36.4 Å². The maximum Gasteiger partial charge on any atom is 0.573 e. The molecule has 0 amide bonds. The summed E-state index contributed by atoms with van der Waals surface area (Å²) in [5, 5.41) is 7.55. The van der Waals surface area contributed by atoms with Crippen LogP contribution in [0.25, 0.3) is 11.4 Å². The molecule has 178 valence electrons. The Kier molecular flexibility index (Phi) is 7.06. The highest BCUT2D eigenvalue weighted by Gasteiger charge is 2.30. The molecule has 0 bridgehead atoms. The number of hydrogen-bond donors (Lipinski definition) is 2. The molecule has 4 rings (SSSR count). The van der Waals surface area contributed by atoms with Crippen LogP contribution in [0.3, 0.4) is 0 Å². The largest absolute Gasteiger partial charge is 0.573 e. The molecule has 1 heterocycles. The predicted molar refractivity (Wildman–Crippen MR) is 124 cm³/mol. The van der Waals surface area contributed by atoms with Gasteiger partial charge in [-0.3, -0.25) is 0 Å². The van der Waals surface area contributed by atoms with Crippen molar-refractivity contribution in [2.45, 2.75) is 6.36 Å². The third kappa shape index (κ3) is 6.87. The molecule has 0 aliphatic heterocycles. The summed E-state index contributed by atoms with van der Waals surface area (Å²) in [6.45, 7) is 0. The minimum atomic E-state index is -4.77. The van der Waals surface area contributed by atoms with Gasteiger partial charge in [0.25, 0.3) is 0 Å². The van der Waals surface area contributed by atoms with E-state index in [4.69, 9.17) is 11.6 Å². The normalized spacial score (nSPS) is 11.5. The molecule has 1 aromatic heterocycles. The molecule has 2 N–H and O–H groups in total. The van der Waals surface area contributed by atoms with Crippen LogP contribution in [-0.2, 0) is 0 Å². The van der Waals surface area contributed by atoms with Crippen molar-refractivity contribution in [2.24, 2.45) is 5.10 Å². The lowest BCUT2D eigenvalue weighted by molar-refractivity contribution is -0.274. The molecule has 7 nitrogen and oxygen atoms in total. The highest BCUT2D eigenvalue weighted by molar-refractivity contribution is 6.30. The van der Waals surface area contributed by atoms with Crippen molar-refractivity contribution in [1.82, 2.24) is 15.0 Å². The zero-order chi connectivity index (χ0) is 24.8. The monoisotopic (exact) mass is 502 g/mol. The van der Waals surface area contributed by atoms with E-state index in [9.17, 15) is 17.6 Å². The van der Waals surface area contributed by atoms with E-state index in [-0.39, 0.29) is 29.0 Å². The SMILES string of the molecule is Fc1ccccc1-c1nc(N/N=C\c2ccc(OC(F)(F)F)cc2)nc(Nc2ccc(Cl)cc2)n1. The quantitative estimate of drug-likeness (QED) is 0.172. The number of halogens is 5. The van der Waals surface area contributed by atoms with Crippen molar-refractivity contribution in [3.8, 4) is 17.1 Å². The molecule has 0 radical (unpaired) electrons. The molecule has 0 saturated carbocycles. The number of rotatable bonds is 7. The first-order chi connectivity index (χ1) is 16.7. The minimum Gasteiger partial charge on any atom is -0.406 e. The average molecular weight is 503 g/mol. The second-order valence-electron chi connectivity index (χ2n) is 6.90. The number of nitrogens with zero attached hydrogens (tertiary/aromatic N) is 4. The van der Waals surface area contributed by atoms with Gasteiger partial charge in [0.15, 0.2) is 5.82 Å². The second-order valence-corrected chi connectivity index (χ2v) is 7.34. The van der Waals surface area contributed by atoms with Gasteiger partial charge in [-0.05, 0) is 66.2 Å². The summed E-state index contributed by atoms with van der Waals surface area (Å²) in [4.78, 5) is 12.7. The Hall–Kier alpha value is -4.25. The Morgan fingerprint density at radius 3 is 2.23 bits per heavy atom. The van der Waals surface area contributed by atoms with Gasteiger partial charge in [-0.25, -0.2) is 9.82 Å². The smallest absolute Gasteiger partial charge is 0.406 e. The van der Waals surface area contributed by atoms with Crippen molar-refractivity contribution in [2.75, 3.05) is 10.7 Å². The summed E-state index contributed by atoms with van der Waals surface area (Å²) in [6.07, 6.45) is -3.43. The molecule has 0 saturated heterocycles. The van der Waals surface area contributed by atoms with Gasteiger partial charge in [-0.1, -0.05) is 23.7 Å². The summed E-state index contributed by atoms with van der Waals surface area (Å²) in [7, 11) is 0. The van der Waals surface area contributed by atoms with Crippen LogP contribution in [0.2, 0.25) is 5.02 Å². The van der Waals surface area contributed by atoms with Crippen LogP contribution < -0.4 is 15.5 Å². The van der Waals surface area contributed by atoms with Gasteiger partial charge >= 0.3 is 6.36 Å². The summed E-state index contributed by atoms with van der Waals surface area (Å²) >= 11 is 5.91. The van der Waals surface area contributed by atoms with Crippen LogP contribution in [0.1, 0.15) is 5.56 Å². The molecule has 0 unspecified atom stereocenters. The fraction of sp³-hybridized carbons (Fsp3) is 0.0435. The summed E-state index contributed by atoms with van der Waals surface area (Å²) in [5.74, 6) is -0.699. The van der Waals surface area contributed by atoms with E-state index in [1.165, 1.54) is 30.5 Å². The lowest BCUT2D eigenvalue weighted by atomic mass is 10.2. The Morgan fingerprint density at radius 1 is 0.857 bits per heavy atom. The van der Waals surface area contributed by atoms with Gasteiger partial charge in [0.1, 0.15) is 11.6 Å². The lowest BCUT2D eigenvalue weighted by Crippen LogP contribution is -2.17. The molecular formula is C23H15ClF4N6O. The number of benzene rings is 3. The number of anilines is 3. The molecule has 0 atom stereocenters. The molecule has 4 aromatic rings. The standard InChI is InChI=1S/C23H15ClF4N6O/c24-15-7-9-16(10-8-15)30-21-31-20(18-3-1-2-4-19(18)25)32-22(33-21)34-29-13-14-5-11-17(12-6-14)35-23(26,27)28/h1-13H,(H2,30,31,32,33,34)/b29-13-. The fourth-order valence-corrected chi connectivity index (χ4v) is 2.95. The number of hydrogen-bond acceptors (Lipinski definition) is 7. The molecular weight excluding hydrogens is 488 g/mol. The Labute approximate surface area is 201 Å². The zero-order valence-corrected chi connectivity index (χ0v) is 18.3. The maximum atomic E-state index is 14.4. The number of ether oxygens (including phenoxy) is 1. The molecule has 0 fully saturated rings. The fourth-order valence-electron chi connectivity index (χ4n) is 2.83.